The maximum Gasteiger partial charge on any atom is 0.161 e. The number of allylic oxidation sites excluding steroid dienone is 2. The van der Waals surface area contributed by atoms with Crippen LogP contribution in [0.2, 0.25) is 0 Å². The van der Waals surface area contributed by atoms with Gasteiger partial charge in [-0.05, 0) is 38.0 Å². The normalized spacial score (nSPS) is 28.3. The summed E-state index contributed by atoms with van der Waals surface area (Å²) >= 11 is 0. The summed E-state index contributed by atoms with van der Waals surface area (Å²) in [5.74, 6) is 0.486. The molecule has 0 aromatic heterocycles. The molecule has 0 aliphatic heterocycles. The molecule has 1 rings (SSSR count). The van der Waals surface area contributed by atoms with E-state index in [1.165, 1.54) is 64.2 Å². The number of Topliss-reactive ketones (excluding diaryl/α,β-unsaturated/α-hetero) is 1. The van der Waals surface area contributed by atoms with Gasteiger partial charge in [0.2, 0.25) is 0 Å². The number of aliphatic hydroxyl groups excluding tert-OH is 1. The minimum Gasteiger partial charge on any atom is -0.385 e. The molecule has 0 saturated heterocycles. The topological polar surface area (TPSA) is 37.3 Å². The summed E-state index contributed by atoms with van der Waals surface area (Å²) in [6.07, 6.45) is 21.2. The molecular weight excluding hydrogens is 284 g/mol. The quantitative estimate of drug-likeness (QED) is 0.557. The van der Waals surface area contributed by atoms with Crippen LogP contribution in [0, 0.1) is 5.92 Å². The lowest BCUT2D eigenvalue weighted by atomic mass is 9.94. The van der Waals surface area contributed by atoms with Gasteiger partial charge in [-0.2, -0.15) is 0 Å². The molecule has 0 amide bonds. The van der Waals surface area contributed by atoms with Crippen molar-refractivity contribution < 1.29 is 9.90 Å². The third kappa shape index (κ3) is 11.5. The highest BCUT2D eigenvalue weighted by atomic mass is 16.3. The molecule has 1 N–H and O–H groups in total. The molecule has 2 heteroatoms. The lowest BCUT2D eigenvalue weighted by Crippen LogP contribution is -2.22. The molecule has 0 heterocycles. The summed E-state index contributed by atoms with van der Waals surface area (Å²) in [7, 11) is 0. The Morgan fingerprint density at radius 3 is 1.87 bits per heavy atom. The van der Waals surface area contributed by atoms with Gasteiger partial charge >= 0.3 is 0 Å². The van der Waals surface area contributed by atoms with Gasteiger partial charge in [0.25, 0.3) is 0 Å². The second-order valence-electron chi connectivity index (χ2n) is 7.45. The van der Waals surface area contributed by atoms with Crippen LogP contribution in [-0.4, -0.2) is 17.0 Å². The molecule has 0 spiro atoms. The molecule has 0 bridgehead atoms. The summed E-state index contributed by atoms with van der Waals surface area (Å²) in [6.45, 7) is 2.15. The molecule has 1 aliphatic carbocycles. The van der Waals surface area contributed by atoms with E-state index in [1.807, 2.05) is 0 Å². The van der Waals surface area contributed by atoms with Crippen molar-refractivity contribution in [3.8, 4) is 0 Å². The van der Waals surface area contributed by atoms with Crippen molar-refractivity contribution in [2.24, 2.45) is 5.92 Å². The van der Waals surface area contributed by atoms with Gasteiger partial charge in [0, 0.05) is 6.42 Å². The van der Waals surface area contributed by atoms with E-state index in [0.717, 1.165) is 19.3 Å². The number of hydrogen-bond acceptors (Lipinski definition) is 2. The highest BCUT2D eigenvalue weighted by Crippen LogP contribution is 2.18. The third-order valence-corrected chi connectivity index (χ3v) is 5.00. The van der Waals surface area contributed by atoms with Crippen molar-refractivity contribution in [1.82, 2.24) is 0 Å². The Morgan fingerprint density at radius 2 is 1.26 bits per heavy atom. The van der Waals surface area contributed by atoms with Gasteiger partial charge in [-0.25, -0.2) is 0 Å². The SMILES string of the molecule is C[C@H]1CCCCCCC=CCCCCCCCCC(O)C(=O)C1. The van der Waals surface area contributed by atoms with Crippen LogP contribution in [0.25, 0.3) is 0 Å². The number of hydrogen-bond donors (Lipinski definition) is 1. The predicted molar refractivity (Wildman–Crippen MR) is 98.6 cm³/mol. The lowest BCUT2D eigenvalue weighted by molar-refractivity contribution is -0.128. The zero-order chi connectivity index (χ0) is 16.8. The van der Waals surface area contributed by atoms with Gasteiger partial charge in [0.05, 0.1) is 0 Å². The number of ketones is 1. The first-order valence-electron chi connectivity index (χ1n) is 10.1. The average Bonchev–Trinajstić information content (AvgIpc) is 2.53. The van der Waals surface area contributed by atoms with Crippen molar-refractivity contribution in [2.75, 3.05) is 0 Å². The molecule has 23 heavy (non-hydrogen) atoms. The Kier molecular flexibility index (Phi) is 12.2. The molecule has 0 saturated carbocycles. The maximum absolute atomic E-state index is 12.0. The van der Waals surface area contributed by atoms with Gasteiger partial charge in [0.1, 0.15) is 6.10 Å². The molecular formula is C21H38O2. The molecule has 0 aromatic rings. The van der Waals surface area contributed by atoms with E-state index in [4.69, 9.17) is 0 Å². The zero-order valence-corrected chi connectivity index (χ0v) is 15.3. The highest BCUT2D eigenvalue weighted by molar-refractivity contribution is 5.82. The van der Waals surface area contributed by atoms with Crippen molar-refractivity contribution in [3.05, 3.63) is 12.2 Å². The van der Waals surface area contributed by atoms with Crippen molar-refractivity contribution in [3.63, 3.8) is 0 Å². The largest absolute Gasteiger partial charge is 0.385 e. The summed E-state index contributed by atoms with van der Waals surface area (Å²) in [5.41, 5.74) is 0. The monoisotopic (exact) mass is 322 g/mol. The number of carbonyl (C=O) groups is 1. The fraction of sp³-hybridized carbons (Fsp3) is 0.857. The van der Waals surface area contributed by atoms with E-state index in [9.17, 15) is 9.90 Å². The summed E-state index contributed by atoms with van der Waals surface area (Å²) < 4.78 is 0. The smallest absolute Gasteiger partial charge is 0.161 e. The van der Waals surface area contributed by atoms with Crippen LogP contribution < -0.4 is 0 Å². The fourth-order valence-corrected chi connectivity index (χ4v) is 3.39. The lowest BCUT2D eigenvalue weighted by Gasteiger charge is -2.14. The summed E-state index contributed by atoms with van der Waals surface area (Å²) in [5, 5.41) is 10.00. The summed E-state index contributed by atoms with van der Waals surface area (Å²) in [4.78, 5) is 12.0. The molecule has 0 aromatic carbocycles. The first-order valence-corrected chi connectivity index (χ1v) is 10.1. The minimum atomic E-state index is -0.715. The van der Waals surface area contributed by atoms with E-state index in [1.54, 1.807) is 0 Å². The molecule has 0 fully saturated rings. The van der Waals surface area contributed by atoms with Crippen molar-refractivity contribution in [2.45, 2.75) is 109 Å². The predicted octanol–water partition coefficient (Wildman–Crippen LogP) is 5.97. The Balaban J connectivity index is 2.32. The number of rotatable bonds is 0. The summed E-state index contributed by atoms with van der Waals surface area (Å²) in [6, 6.07) is 0. The van der Waals surface area contributed by atoms with Gasteiger partial charge in [-0.1, -0.05) is 76.9 Å². The van der Waals surface area contributed by atoms with Crippen LogP contribution in [0.4, 0.5) is 0 Å². The highest BCUT2D eigenvalue weighted by Gasteiger charge is 2.17. The minimum absolute atomic E-state index is 0.0667. The van der Waals surface area contributed by atoms with Crippen LogP contribution in [0.1, 0.15) is 103 Å². The third-order valence-electron chi connectivity index (χ3n) is 5.00. The molecule has 2 atom stereocenters. The van der Waals surface area contributed by atoms with Crippen molar-refractivity contribution in [1.29, 1.82) is 0 Å². The van der Waals surface area contributed by atoms with Crippen LogP contribution in [0.15, 0.2) is 12.2 Å². The van der Waals surface area contributed by atoms with Crippen LogP contribution in [-0.2, 0) is 4.79 Å². The van der Waals surface area contributed by atoms with Gasteiger partial charge < -0.3 is 5.11 Å². The van der Waals surface area contributed by atoms with Crippen LogP contribution in [0.5, 0.6) is 0 Å². The van der Waals surface area contributed by atoms with Gasteiger partial charge in [-0.3, -0.25) is 4.79 Å². The first kappa shape index (κ1) is 20.4. The van der Waals surface area contributed by atoms with E-state index in [0.29, 0.717) is 18.8 Å². The Hall–Kier alpha value is -0.630. The van der Waals surface area contributed by atoms with Crippen molar-refractivity contribution >= 4 is 5.78 Å². The van der Waals surface area contributed by atoms with E-state index in [2.05, 4.69) is 19.1 Å². The number of aliphatic hydroxyl groups is 1. The fourth-order valence-electron chi connectivity index (χ4n) is 3.39. The van der Waals surface area contributed by atoms with Gasteiger partial charge in [0.15, 0.2) is 5.78 Å². The maximum atomic E-state index is 12.0. The zero-order valence-electron chi connectivity index (χ0n) is 15.3. The molecule has 2 nitrogen and oxygen atoms in total. The van der Waals surface area contributed by atoms with E-state index in [-0.39, 0.29) is 5.78 Å². The Bertz CT molecular complexity index is 322. The standard InChI is InChI=1S/C21H38O2/c1-19-16-14-12-10-8-6-4-2-3-5-7-9-11-13-15-17-20(22)21(23)18-19/h2,4,19-20,22H,3,5-18H2,1H3/t19-,20?/m0/s1. The number of carbonyl (C=O) groups excluding carboxylic acids is 1. The van der Waals surface area contributed by atoms with Crippen LogP contribution in [0.3, 0.4) is 0 Å². The van der Waals surface area contributed by atoms with E-state index >= 15 is 0 Å². The van der Waals surface area contributed by atoms with E-state index < -0.39 is 6.10 Å². The Labute approximate surface area is 143 Å². The molecule has 1 unspecified atom stereocenters. The van der Waals surface area contributed by atoms with Crippen LogP contribution >= 0.6 is 0 Å². The average molecular weight is 323 g/mol. The second-order valence-corrected chi connectivity index (χ2v) is 7.45. The second kappa shape index (κ2) is 13.8. The molecule has 0 radical (unpaired) electrons. The molecule has 1 aliphatic rings. The molecule has 134 valence electrons. The Morgan fingerprint density at radius 1 is 0.783 bits per heavy atom. The first-order chi connectivity index (χ1) is 11.2. The van der Waals surface area contributed by atoms with Gasteiger partial charge in [-0.15, -0.1) is 0 Å².